The van der Waals surface area contributed by atoms with Gasteiger partial charge in [-0.15, -0.1) is 0 Å². The topological polar surface area (TPSA) is 101 Å². The van der Waals surface area contributed by atoms with Crippen molar-refractivity contribution in [2.45, 2.75) is 32.2 Å². The molecule has 1 atom stereocenters. The minimum absolute atomic E-state index is 0.0773. The first kappa shape index (κ1) is 17.4. The summed E-state index contributed by atoms with van der Waals surface area (Å²) in [5.41, 5.74) is 5.58. The first-order valence-electron chi connectivity index (χ1n) is 9.65. The number of nitrogens with one attached hydrogen (secondary N) is 3. The highest BCUT2D eigenvalue weighted by Gasteiger charge is 2.24. The van der Waals surface area contributed by atoms with Crippen LogP contribution in [-0.2, 0) is 12.8 Å². The second kappa shape index (κ2) is 7.05. The number of nitrogens with zero attached hydrogens (tertiary/aromatic N) is 4. The number of pyridine rings is 1. The molecule has 4 aromatic rings. The number of carbonyl (C=O) groups excluding carboxylic acids is 1. The number of benzene rings is 1. The highest BCUT2D eigenvalue weighted by molar-refractivity contribution is 5.91. The van der Waals surface area contributed by atoms with Crippen molar-refractivity contribution in [2.75, 3.05) is 5.32 Å². The fraction of sp³-hybridized carbons (Fsp3) is 0.238. The number of fused-ring (bicyclic) bond motifs is 3. The monoisotopic (exact) mass is 387 g/mol. The number of aromatic amines is 1. The zero-order valence-corrected chi connectivity index (χ0v) is 16.0. The van der Waals surface area contributed by atoms with Gasteiger partial charge in [-0.1, -0.05) is 11.6 Å². The molecular weight excluding hydrogens is 366 g/mol. The summed E-state index contributed by atoms with van der Waals surface area (Å²) >= 11 is 0. The number of carbonyl (C=O) groups is 1. The molecule has 2 amide bonds. The van der Waals surface area contributed by atoms with E-state index in [-0.39, 0.29) is 12.1 Å². The molecule has 0 aliphatic heterocycles. The number of anilines is 1. The van der Waals surface area contributed by atoms with Crippen LogP contribution in [0.5, 0.6) is 0 Å². The third-order valence-corrected chi connectivity index (χ3v) is 5.35. The third kappa shape index (κ3) is 3.33. The van der Waals surface area contributed by atoms with Crippen LogP contribution in [0.2, 0.25) is 0 Å². The Balaban J connectivity index is 1.32. The molecule has 29 heavy (non-hydrogen) atoms. The maximum Gasteiger partial charge on any atom is 0.319 e. The van der Waals surface area contributed by atoms with Crippen molar-refractivity contribution in [2.24, 2.45) is 0 Å². The summed E-state index contributed by atoms with van der Waals surface area (Å²) in [6.07, 6.45) is 7.27. The maximum absolute atomic E-state index is 12.7. The van der Waals surface area contributed by atoms with E-state index in [1.54, 1.807) is 24.7 Å². The number of H-pyrrole nitrogens is 1. The Labute approximate surface area is 167 Å². The minimum Gasteiger partial charge on any atom is -0.358 e. The van der Waals surface area contributed by atoms with Gasteiger partial charge in [0, 0.05) is 28.8 Å². The van der Waals surface area contributed by atoms with Crippen LogP contribution in [0, 0.1) is 6.92 Å². The van der Waals surface area contributed by atoms with Crippen LogP contribution >= 0.6 is 0 Å². The van der Waals surface area contributed by atoms with Crippen LogP contribution in [0.25, 0.3) is 16.7 Å². The average Bonchev–Trinajstić information content (AvgIpc) is 3.36. The molecule has 3 aromatic heterocycles. The van der Waals surface area contributed by atoms with Crippen molar-refractivity contribution in [3.05, 3.63) is 66.0 Å². The first-order chi connectivity index (χ1) is 14.2. The van der Waals surface area contributed by atoms with Crippen LogP contribution in [-0.4, -0.2) is 36.8 Å². The van der Waals surface area contributed by atoms with Crippen LogP contribution in [0.1, 0.15) is 23.2 Å². The van der Waals surface area contributed by atoms with Crippen molar-refractivity contribution in [3.8, 4) is 5.82 Å². The van der Waals surface area contributed by atoms with Crippen LogP contribution in [0.15, 0.2) is 49.2 Å². The molecule has 3 N–H and O–H groups in total. The quantitative estimate of drug-likeness (QED) is 0.503. The first-order valence-corrected chi connectivity index (χ1v) is 9.65. The second-order valence-corrected chi connectivity index (χ2v) is 7.38. The molecule has 5 rings (SSSR count). The SMILES string of the molecule is Cc1ccc2[nH]c3c(c2c1)CC(NC(=O)Nc1cccnc1-n1cncn1)CC3. The van der Waals surface area contributed by atoms with Gasteiger partial charge in [0.1, 0.15) is 12.7 Å². The fourth-order valence-corrected chi connectivity index (χ4v) is 3.99. The molecule has 1 aromatic carbocycles. The standard InChI is InChI=1S/C21H21N7O/c1-13-4-6-17-15(9-13)16-10-14(5-7-18(16)26-17)25-21(29)27-19-3-2-8-23-20(19)28-12-22-11-24-28/h2-4,6,8-9,11-12,14,26H,5,7,10H2,1H3,(H2,25,27,29). The molecule has 0 spiro atoms. The Hall–Kier alpha value is -3.68. The van der Waals surface area contributed by atoms with Crippen molar-refractivity contribution < 1.29 is 4.79 Å². The predicted molar refractivity (Wildman–Crippen MR) is 110 cm³/mol. The van der Waals surface area contributed by atoms with Gasteiger partial charge >= 0.3 is 6.03 Å². The van der Waals surface area contributed by atoms with Crippen molar-refractivity contribution in [1.29, 1.82) is 0 Å². The van der Waals surface area contributed by atoms with E-state index in [1.165, 1.54) is 38.7 Å². The largest absolute Gasteiger partial charge is 0.358 e. The van der Waals surface area contributed by atoms with Crippen molar-refractivity contribution in [3.63, 3.8) is 0 Å². The van der Waals surface area contributed by atoms with E-state index in [9.17, 15) is 4.79 Å². The molecule has 0 saturated heterocycles. The van der Waals surface area contributed by atoms with Crippen LogP contribution in [0.3, 0.4) is 0 Å². The smallest absolute Gasteiger partial charge is 0.319 e. The van der Waals surface area contributed by atoms with E-state index in [0.29, 0.717) is 11.5 Å². The molecule has 0 radical (unpaired) electrons. The summed E-state index contributed by atoms with van der Waals surface area (Å²) < 4.78 is 1.52. The number of amides is 2. The number of urea groups is 1. The highest BCUT2D eigenvalue weighted by Crippen LogP contribution is 2.30. The number of aryl methyl sites for hydroxylation is 2. The predicted octanol–water partition coefficient (Wildman–Crippen LogP) is 3.13. The molecule has 1 aliphatic rings. The minimum atomic E-state index is -0.246. The number of rotatable bonds is 3. The summed E-state index contributed by atoms with van der Waals surface area (Å²) in [5, 5.41) is 11.4. The van der Waals surface area contributed by atoms with Crippen LogP contribution < -0.4 is 10.6 Å². The van der Waals surface area contributed by atoms with E-state index in [0.717, 1.165) is 19.3 Å². The molecule has 8 heteroatoms. The summed E-state index contributed by atoms with van der Waals surface area (Å²) in [5.74, 6) is 0.526. The van der Waals surface area contributed by atoms with Gasteiger partial charge in [-0.3, -0.25) is 0 Å². The van der Waals surface area contributed by atoms with Gasteiger partial charge in [-0.2, -0.15) is 5.10 Å². The molecule has 0 fully saturated rings. The molecule has 146 valence electrons. The third-order valence-electron chi connectivity index (χ3n) is 5.35. The molecule has 0 saturated carbocycles. The Morgan fingerprint density at radius 2 is 2.24 bits per heavy atom. The van der Waals surface area contributed by atoms with Gasteiger partial charge in [-0.05, 0) is 56.0 Å². The summed E-state index contributed by atoms with van der Waals surface area (Å²) in [6.45, 7) is 2.10. The van der Waals surface area contributed by atoms with Crippen LogP contribution in [0.4, 0.5) is 10.5 Å². The summed E-state index contributed by atoms with van der Waals surface area (Å²) in [6, 6.07) is 9.87. The lowest BCUT2D eigenvalue weighted by Crippen LogP contribution is -2.41. The lowest BCUT2D eigenvalue weighted by molar-refractivity contribution is 0.247. The van der Waals surface area contributed by atoms with E-state index >= 15 is 0 Å². The number of hydrogen-bond acceptors (Lipinski definition) is 4. The summed E-state index contributed by atoms with van der Waals surface area (Å²) in [4.78, 5) is 24.4. The molecule has 8 nitrogen and oxygen atoms in total. The zero-order chi connectivity index (χ0) is 19.8. The highest BCUT2D eigenvalue weighted by atomic mass is 16.2. The van der Waals surface area contributed by atoms with Gasteiger partial charge in [0.05, 0.1) is 5.69 Å². The summed E-state index contributed by atoms with van der Waals surface area (Å²) in [7, 11) is 0. The maximum atomic E-state index is 12.7. The van der Waals surface area contributed by atoms with E-state index in [4.69, 9.17) is 0 Å². The number of aromatic nitrogens is 5. The van der Waals surface area contributed by atoms with E-state index < -0.39 is 0 Å². The van der Waals surface area contributed by atoms with Crippen molar-refractivity contribution in [1.82, 2.24) is 30.0 Å². The fourth-order valence-electron chi connectivity index (χ4n) is 3.99. The Morgan fingerprint density at radius 1 is 1.31 bits per heavy atom. The van der Waals surface area contributed by atoms with Gasteiger partial charge in [0.15, 0.2) is 5.82 Å². The van der Waals surface area contributed by atoms with Gasteiger partial charge in [0.2, 0.25) is 0 Å². The van der Waals surface area contributed by atoms with E-state index in [2.05, 4.69) is 55.8 Å². The van der Waals surface area contributed by atoms with Gasteiger partial charge < -0.3 is 15.6 Å². The average molecular weight is 387 g/mol. The van der Waals surface area contributed by atoms with Gasteiger partial charge in [-0.25, -0.2) is 19.4 Å². The number of hydrogen-bond donors (Lipinski definition) is 3. The Kier molecular flexibility index (Phi) is 4.23. The lowest BCUT2D eigenvalue weighted by atomic mass is 9.91. The zero-order valence-electron chi connectivity index (χ0n) is 16.0. The molecule has 3 heterocycles. The normalized spacial score (nSPS) is 15.8. The molecule has 1 aliphatic carbocycles. The van der Waals surface area contributed by atoms with Gasteiger partial charge in [0.25, 0.3) is 0 Å². The Morgan fingerprint density at radius 3 is 3.10 bits per heavy atom. The molecule has 1 unspecified atom stereocenters. The second-order valence-electron chi connectivity index (χ2n) is 7.38. The molecular formula is C21H21N7O. The van der Waals surface area contributed by atoms with Crippen molar-refractivity contribution >= 4 is 22.6 Å². The van der Waals surface area contributed by atoms with E-state index in [1.807, 2.05) is 0 Å². The lowest BCUT2D eigenvalue weighted by Gasteiger charge is -2.24. The molecule has 0 bridgehead atoms. The Bertz CT molecular complexity index is 1180.